The van der Waals surface area contributed by atoms with Crippen molar-refractivity contribution < 1.29 is 9.21 Å². The molecule has 0 atom stereocenters. The van der Waals surface area contributed by atoms with Gasteiger partial charge in [0.2, 0.25) is 0 Å². The molecule has 0 radical (unpaired) electrons. The molecule has 6 heteroatoms. The fourth-order valence-electron chi connectivity index (χ4n) is 4.47. The number of furan rings is 1. The molecule has 2 aliphatic rings. The van der Waals surface area contributed by atoms with Gasteiger partial charge in [-0.25, -0.2) is 4.98 Å². The van der Waals surface area contributed by atoms with E-state index in [-0.39, 0.29) is 5.91 Å². The lowest BCUT2D eigenvalue weighted by molar-refractivity contribution is 0.0578. The third-order valence-corrected chi connectivity index (χ3v) is 7.10. The summed E-state index contributed by atoms with van der Waals surface area (Å²) in [6, 6.07) is 14.4. The van der Waals surface area contributed by atoms with Gasteiger partial charge >= 0.3 is 0 Å². The zero-order valence-corrected chi connectivity index (χ0v) is 17.2. The lowest BCUT2D eigenvalue weighted by Crippen LogP contribution is -2.51. The van der Waals surface area contributed by atoms with Crippen LogP contribution in [0.3, 0.4) is 0 Å². The molecule has 1 saturated heterocycles. The maximum atomic E-state index is 13.5. The first-order chi connectivity index (χ1) is 14.3. The number of benzene rings is 1. The molecular weight excluding hydrogens is 382 g/mol. The Labute approximate surface area is 175 Å². The number of hydrogen-bond acceptors (Lipinski definition) is 5. The summed E-state index contributed by atoms with van der Waals surface area (Å²) >= 11 is 1.43. The Hall–Kier alpha value is -2.44. The molecule has 0 N–H and O–H groups in total. The molecular formula is C23H25N3O2S. The minimum absolute atomic E-state index is 0.0882. The summed E-state index contributed by atoms with van der Waals surface area (Å²) in [4.78, 5) is 23.5. The van der Waals surface area contributed by atoms with Crippen LogP contribution in [-0.2, 0) is 0 Å². The molecule has 5 rings (SSSR count). The van der Waals surface area contributed by atoms with E-state index in [9.17, 15) is 4.79 Å². The van der Waals surface area contributed by atoms with E-state index in [4.69, 9.17) is 9.40 Å². The number of aromatic nitrogens is 1. The van der Waals surface area contributed by atoms with Crippen molar-refractivity contribution in [2.24, 2.45) is 0 Å². The molecule has 2 aromatic heterocycles. The normalized spacial score (nSPS) is 18.4. The van der Waals surface area contributed by atoms with Gasteiger partial charge in [0, 0.05) is 37.8 Å². The second kappa shape index (κ2) is 8.13. The fraction of sp³-hybridized carbons (Fsp3) is 0.391. The summed E-state index contributed by atoms with van der Waals surface area (Å²) in [5, 5.41) is 0.752. The third kappa shape index (κ3) is 3.74. The third-order valence-electron chi connectivity index (χ3n) is 6.04. The molecule has 29 heavy (non-hydrogen) atoms. The van der Waals surface area contributed by atoms with E-state index in [1.54, 1.807) is 6.26 Å². The second-order valence-corrected chi connectivity index (χ2v) is 8.81. The van der Waals surface area contributed by atoms with Gasteiger partial charge in [-0.15, -0.1) is 11.3 Å². The molecule has 150 valence electrons. The predicted molar refractivity (Wildman–Crippen MR) is 115 cm³/mol. The minimum atomic E-state index is 0.0882. The van der Waals surface area contributed by atoms with Crippen LogP contribution in [0.2, 0.25) is 0 Å². The predicted octanol–water partition coefficient (Wildman–Crippen LogP) is 4.77. The number of amides is 1. The van der Waals surface area contributed by atoms with Crippen molar-refractivity contribution in [1.29, 1.82) is 0 Å². The zero-order valence-electron chi connectivity index (χ0n) is 16.4. The average Bonchev–Trinajstić information content (AvgIpc) is 3.55. The van der Waals surface area contributed by atoms with Gasteiger partial charge in [0.25, 0.3) is 5.91 Å². The van der Waals surface area contributed by atoms with Gasteiger partial charge in [0.15, 0.2) is 10.8 Å². The smallest absolute Gasteiger partial charge is 0.266 e. The molecule has 2 fully saturated rings. The summed E-state index contributed by atoms with van der Waals surface area (Å²) in [5.74, 6) is 0.794. The van der Waals surface area contributed by atoms with E-state index in [0.29, 0.717) is 10.6 Å². The lowest BCUT2D eigenvalue weighted by Gasteiger charge is -2.38. The Morgan fingerprint density at radius 1 is 1.00 bits per heavy atom. The van der Waals surface area contributed by atoms with Gasteiger partial charge in [-0.05, 0) is 25.0 Å². The zero-order chi connectivity index (χ0) is 19.6. The van der Waals surface area contributed by atoms with Gasteiger partial charge in [-0.3, -0.25) is 9.69 Å². The SMILES string of the molecule is O=C(c1sc(-c2ccco2)nc1-c1ccccc1)N1CCN(C2CCCC2)CC1. The Morgan fingerprint density at radius 2 is 1.76 bits per heavy atom. The molecule has 0 unspecified atom stereocenters. The van der Waals surface area contributed by atoms with Crippen molar-refractivity contribution in [2.45, 2.75) is 31.7 Å². The van der Waals surface area contributed by atoms with Crippen LogP contribution in [0.25, 0.3) is 22.0 Å². The maximum absolute atomic E-state index is 13.5. The van der Waals surface area contributed by atoms with Crippen LogP contribution < -0.4 is 0 Å². The van der Waals surface area contributed by atoms with Crippen molar-refractivity contribution in [3.63, 3.8) is 0 Å². The molecule has 0 spiro atoms. The fourth-order valence-corrected chi connectivity index (χ4v) is 5.49. The van der Waals surface area contributed by atoms with Crippen molar-refractivity contribution in [3.8, 4) is 22.0 Å². The molecule has 3 aromatic rings. The molecule has 1 aliphatic heterocycles. The molecule has 5 nitrogen and oxygen atoms in total. The van der Waals surface area contributed by atoms with Crippen molar-refractivity contribution in [2.75, 3.05) is 26.2 Å². The first kappa shape index (κ1) is 18.6. The van der Waals surface area contributed by atoms with Crippen molar-refractivity contribution >= 4 is 17.2 Å². The molecule has 0 bridgehead atoms. The highest BCUT2D eigenvalue weighted by Crippen LogP contribution is 2.35. The van der Waals surface area contributed by atoms with Crippen LogP contribution in [0, 0.1) is 0 Å². The average molecular weight is 408 g/mol. The standard InChI is InChI=1S/C23H25N3O2S/c27-23(26-14-12-25(13-15-26)18-9-4-5-10-18)21-20(17-7-2-1-3-8-17)24-22(29-21)19-11-6-16-28-19/h1-3,6-8,11,16,18H,4-5,9-10,12-15H2. The van der Waals surface area contributed by atoms with Crippen LogP contribution in [0.15, 0.2) is 53.1 Å². The van der Waals surface area contributed by atoms with Gasteiger partial charge in [-0.1, -0.05) is 43.2 Å². The van der Waals surface area contributed by atoms with E-state index >= 15 is 0 Å². The highest BCUT2D eigenvalue weighted by atomic mass is 32.1. The topological polar surface area (TPSA) is 49.6 Å². The van der Waals surface area contributed by atoms with Crippen LogP contribution >= 0.6 is 11.3 Å². The van der Waals surface area contributed by atoms with E-state index in [1.807, 2.05) is 47.4 Å². The summed E-state index contributed by atoms with van der Waals surface area (Å²) in [6.07, 6.45) is 6.96. The summed E-state index contributed by atoms with van der Waals surface area (Å²) in [5.41, 5.74) is 1.72. The molecule has 1 aliphatic carbocycles. The Bertz CT molecular complexity index is 953. The van der Waals surface area contributed by atoms with E-state index < -0.39 is 0 Å². The van der Waals surface area contributed by atoms with Crippen LogP contribution in [-0.4, -0.2) is 52.9 Å². The molecule has 1 aromatic carbocycles. The number of thiazole rings is 1. The monoisotopic (exact) mass is 407 g/mol. The molecule has 1 saturated carbocycles. The van der Waals surface area contributed by atoms with Crippen molar-refractivity contribution in [3.05, 3.63) is 53.6 Å². The van der Waals surface area contributed by atoms with Crippen LogP contribution in [0.5, 0.6) is 0 Å². The maximum Gasteiger partial charge on any atom is 0.266 e. The van der Waals surface area contributed by atoms with Gasteiger partial charge in [0.05, 0.1) is 12.0 Å². The van der Waals surface area contributed by atoms with E-state index in [2.05, 4.69) is 4.90 Å². The molecule has 3 heterocycles. The number of piperazine rings is 1. The second-order valence-electron chi connectivity index (χ2n) is 7.81. The van der Waals surface area contributed by atoms with Gasteiger partial charge in [0.1, 0.15) is 4.88 Å². The number of rotatable bonds is 4. The first-order valence-electron chi connectivity index (χ1n) is 10.4. The molecule has 1 amide bonds. The van der Waals surface area contributed by atoms with Crippen molar-refractivity contribution in [1.82, 2.24) is 14.8 Å². The number of hydrogen-bond donors (Lipinski definition) is 0. The Morgan fingerprint density at radius 3 is 2.45 bits per heavy atom. The van der Waals surface area contributed by atoms with Gasteiger partial charge < -0.3 is 9.32 Å². The van der Waals surface area contributed by atoms with E-state index in [1.165, 1.54) is 37.0 Å². The van der Waals surface area contributed by atoms with Crippen LogP contribution in [0.4, 0.5) is 0 Å². The Kier molecular flexibility index (Phi) is 5.21. The van der Waals surface area contributed by atoms with E-state index in [0.717, 1.165) is 48.5 Å². The lowest BCUT2D eigenvalue weighted by atomic mass is 10.1. The largest absolute Gasteiger partial charge is 0.462 e. The number of nitrogens with zero attached hydrogens (tertiary/aromatic N) is 3. The summed E-state index contributed by atoms with van der Waals surface area (Å²) in [6.45, 7) is 3.52. The minimum Gasteiger partial charge on any atom is -0.462 e. The van der Waals surface area contributed by atoms with Crippen LogP contribution in [0.1, 0.15) is 35.4 Å². The Balaban J connectivity index is 1.40. The highest BCUT2D eigenvalue weighted by molar-refractivity contribution is 7.17. The summed E-state index contributed by atoms with van der Waals surface area (Å²) < 4.78 is 5.54. The number of carbonyl (C=O) groups excluding carboxylic acids is 1. The highest BCUT2D eigenvalue weighted by Gasteiger charge is 2.30. The summed E-state index contributed by atoms with van der Waals surface area (Å²) in [7, 11) is 0. The van der Waals surface area contributed by atoms with Gasteiger partial charge in [-0.2, -0.15) is 0 Å². The quantitative estimate of drug-likeness (QED) is 0.625. The number of carbonyl (C=O) groups is 1. The first-order valence-corrected chi connectivity index (χ1v) is 11.2.